The molecule has 0 radical (unpaired) electrons. The van der Waals surface area contributed by atoms with Crippen LogP contribution in [0.3, 0.4) is 0 Å². The Morgan fingerprint density at radius 3 is 1.09 bits per heavy atom. The van der Waals surface area contributed by atoms with E-state index < -0.39 is 23.6 Å². The molecule has 13 rings (SSSR count). The van der Waals surface area contributed by atoms with Gasteiger partial charge in [-0.1, -0.05) is 109 Å². The minimum Gasteiger partial charge on any atom is -0.274 e. The van der Waals surface area contributed by atoms with Gasteiger partial charge in [0, 0.05) is 51.1 Å². The number of rotatable bonds is 8. The van der Waals surface area contributed by atoms with Crippen molar-refractivity contribution >= 4 is 110 Å². The summed E-state index contributed by atoms with van der Waals surface area (Å²) < 4.78 is 0. The molecule has 320 valence electrons. The Labute approximate surface area is 388 Å². The van der Waals surface area contributed by atoms with E-state index in [0.717, 1.165) is 48.7 Å². The molecular formula is C60H36N4O4. The molecule has 0 spiro atoms. The molecule has 0 aromatic heterocycles. The van der Waals surface area contributed by atoms with E-state index in [4.69, 9.17) is 0 Å². The Morgan fingerprint density at radius 2 is 0.706 bits per heavy atom. The molecule has 0 saturated carbocycles. The first-order valence-corrected chi connectivity index (χ1v) is 22.9. The van der Waals surface area contributed by atoms with Crippen LogP contribution in [0.1, 0.15) is 76.5 Å². The van der Waals surface area contributed by atoms with Crippen LogP contribution >= 0.6 is 0 Å². The molecular weight excluding hydrogens is 841 g/mol. The van der Waals surface area contributed by atoms with E-state index in [-0.39, 0.29) is 35.3 Å². The lowest BCUT2D eigenvalue weighted by Gasteiger charge is -2.31. The van der Waals surface area contributed by atoms with Crippen LogP contribution in [0.15, 0.2) is 146 Å². The molecule has 2 aliphatic rings. The van der Waals surface area contributed by atoms with Crippen LogP contribution in [0.2, 0.25) is 0 Å². The summed E-state index contributed by atoms with van der Waals surface area (Å²) in [6.07, 6.45) is 2.32. The van der Waals surface area contributed by atoms with Gasteiger partial charge >= 0.3 is 0 Å². The summed E-state index contributed by atoms with van der Waals surface area (Å²) in [7, 11) is 0. The first-order chi connectivity index (χ1) is 33.3. The highest BCUT2D eigenvalue weighted by Crippen LogP contribution is 2.49. The van der Waals surface area contributed by atoms with Gasteiger partial charge in [0.25, 0.3) is 23.6 Å². The van der Waals surface area contributed by atoms with E-state index in [1.165, 1.54) is 15.4 Å². The molecule has 68 heavy (non-hydrogen) atoms. The molecule has 0 unspecified atom stereocenters. The lowest BCUT2D eigenvalue weighted by atomic mass is 9.79. The van der Waals surface area contributed by atoms with Gasteiger partial charge in [-0.3, -0.25) is 29.0 Å². The van der Waals surface area contributed by atoms with Gasteiger partial charge in [-0.15, -0.1) is 0 Å². The van der Waals surface area contributed by atoms with Gasteiger partial charge in [0.05, 0.1) is 34.4 Å². The van der Waals surface area contributed by atoms with E-state index in [1.807, 2.05) is 48.5 Å². The maximum Gasteiger partial charge on any atom is 0.261 e. The number of aryl methyl sites for hydroxylation is 2. The molecule has 8 nitrogen and oxygen atoms in total. The van der Waals surface area contributed by atoms with Crippen molar-refractivity contribution in [2.24, 2.45) is 0 Å². The summed E-state index contributed by atoms with van der Waals surface area (Å²) in [6, 6.07) is 52.2. The largest absolute Gasteiger partial charge is 0.274 e. The molecule has 2 aliphatic heterocycles. The van der Waals surface area contributed by atoms with E-state index >= 15 is 0 Å². The fourth-order valence-corrected chi connectivity index (χ4v) is 11.7. The molecule has 0 saturated heterocycles. The summed E-state index contributed by atoms with van der Waals surface area (Å²) in [5, 5.41) is 34.8. The lowest BCUT2D eigenvalue weighted by Crippen LogP contribution is -2.41. The fourth-order valence-electron chi connectivity index (χ4n) is 11.7. The van der Waals surface area contributed by atoms with Crippen LogP contribution in [0.25, 0.3) is 86.2 Å². The van der Waals surface area contributed by atoms with Gasteiger partial charge in [0.2, 0.25) is 0 Å². The Morgan fingerprint density at radius 1 is 0.353 bits per heavy atom. The first kappa shape index (κ1) is 39.4. The number of benzene rings is 11. The van der Waals surface area contributed by atoms with Crippen LogP contribution in [0, 0.1) is 22.7 Å². The number of hydrogen-bond donors (Lipinski definition) is 0. The number of imide groups is 2. The molecule has 4 amide bonds. The summed E-state index contributed by atoms with van der Waals surface area (Å²) in [5.74, 6) is -1.80. The second-order valence-corrected chi connectivity index (χ2v) is 18.1. The molecule has 0 fully saturated rings. The Kier molecular flexibility index (Phi) is 8.55. The SMILES string of the molecule is N#Cc1cc2c3c(cc(C#N)c4c5ccc6c7c(ccc(c1c34)c75)C(=O)N(CCCc1c3ccccc3cc3ccccc13)C6=O)C(=O)N(CCCc1c3ccccc3cc3ccccc13)C2=O. The maximum atomic E-state index is 14.6. The number of carbonyl (C=O) groups is 4. The van der Waals surface area contributed by atoms with E-state index in [9.17, 15) is 29.7 Å². The third kappa shape index (κ3) is 5.46. The second-order valence-electron chi connectivity index (χ2n) is 18.1. The Bertz CT molecular complexity index is 3990. The standard InChI is InChI=1S/C60H36N4O4/c61-31-37-29-49-55-50(60(68)64(59(49)67)26-10-20-44-41-17-7-3-13-35(41)28-36-14-4-8-18-42(36)44)30-38(32-62)52-46-22-24-48-54-47(23-21-45(53(46)54)51(37)56(52)55)57(65)63(58(48)66)25-9-19-43-39-15-5-1-11-33(39)27-34-12-2-6-16-40(34)43/h1-8,11-18,21-24,27-30H,9-10,19-20,25-26H2. The highest BCUT2D eigenvalue weighted by atomic mass is 16.2. The molecule has 2 heterocycles. The van der Waals surface area contributed by atoms with Crippen molar-refractivity contribution in [2.75, 3.05) is 13.1 Å². The average Bonchev–Trinajstić information content (AvgIpc) is 3.37. The predicted octanol–water partition coefficient (Wildman–Crippen LogP) is 12.6. The molecule has 0 N–H and O–H groups in total. The average molecular weight is 877 g/mol. The smallest absolute Gasteiger partial charge is 0.261 e. The van der Waals surface area contributed by atoms with Crippen LogP contribution in [-0.4, -0.2) is 46.5 Å². The Balaban J connectivity index is 0.883. The third-order valence-electron chi connectivity index (χ3n) is 14.6. The highest BCUT2D eigenvalue weighted by molar-refractivity contribution is 6.42. The van der Waals surface area contributed by atoms with Crippen molar-refractivity contribution in [3.8, 4) is 12.1 Å². The number of nitriles is 2. The van der Waals surface area contributed by atoms with Crippen molar-refractivity contribution in [3.05, 3.63) is 190 Å². The van der Waals surface area contributed by atoms with Crippen molar-refractivity contribution in [1.82, 2.24) is 9.80 Å². The van der Waals surface area contributed by atoms with Crippen molar-refractivity contribution in [3.63, 3.8) is 0 Å². The minimum atomic E-state index is -0.495. The van der Waals surface area contributed by atoms with Gasteiger partial charge in [0.1, 0.15) is 0 Å². The first-order valence-electron chi connectivity index (χ1n) is 22.9. The quantitative estimate of drug-likeness (QED) is 0.0851. The van der Waals surface area contributed by atoms with Gasteiger partial charge in [0.15, 0.2) is 0 Å². The summed E-state index contributed by atoms with van der Waals surface area (Å²) >= 11 is 0. The van der Waals surface area contributed by atoms with Gasteiger partial charge in [-0.05, 0) is 132 Å². The molecule has 0 atom stereocenters. The molecule has 0 aliphatic carbocycles. The summed E-state index contributed by atoms with van der Waals surface area (Å²) in [4.78, 5) is 60.9. The maximum absolute atomic E-state index is 14.6. The number of amides is 4. The van der Waals surface area contributed by atoms with Crippen molar-refractivity contribution < 1.29 is 19.2 Å². The zero-order valence-corrected chi connectivity index (χ0v) is 36.5. The molecule has 8 heteroatoms. The predicted molar refractivity (Wildman–Crippen MR) is 267 cm³/mol. The monoisotopic (exact) mass is 876 g/mol. The van der Waals surface area contributed by atoms with E-state index in [2.05, 4.69) is 72.8 Å². The number of fused-ring (bicyclic) bond motifs is 6. The summed E-state index contributed by atoms with van der Waals surface area (Å²) in [5.41, 5.74) is 3.89. The third-order valence-corrected chi connectivity index (χ3v) is 14.6. The highest BCUT2D eigenvalue weighted by Gasteiger charge is 2.38. The fraction of sp³-hybridized carbons (Fsp3) is 0.100. The van der Waals surface area contributed by atoms with E-state index in [1.54, 1.807) is 36.4 Å². The van der Waals surface area contributed by atoms with Crippen LogP contribution in [-0.2, 0) is 12.8 Å². The zero-order chi connectivity index (χ0) is 45.9. The van der Waals surface area contributed by atoms with Gasteiger partial charge in [-0.2, -0.15) is 10.5 Å². The number of carbonyl (C=O) groups excluding carboxylic acids is 4. The zero-order valence-electron chi connectivity index (χ0n) is 36.5. The molecule has 0 bridgehead atoms. The number of hydrogen-bond acceptors (Lipinski definition) is 6. The molecule has 11 aromatic carbocycles. The van der Waals surface area contributed by atoms with Crippen LogP contribution in [0.5, 0.6) is 0 Å². The van der Waals surface area contributed by atoms with Gasteiger partial charge < -0.3 is 0 Å². The number of nitrogens with zero attached hydrogens (tertiary/aromatic N) is 4. The topological polar surface area (TPSA) is 122 Å². The normalized spacial score (nSPS) is 13.7. The summed E-state index contributed by atoms with van der Waals surface area (Å²) in [6.45, 7) is 0.347. The lowest BCUT2D eigenvalue weighted by molar-refractivity contribution is 0.0593. The Hall–Kier alpha value is -8.98. The van der Waals surface area contributed by atoms with E-state index in [0.29, 0.717) is 79.9 Å². The van der Waals surface area contributed by atoms with Crippen LogP contribution < -0.4 is 0 Å². The minimum absolute atomic E-state index is 0.135. The van der Waals surface area contributed by atoms with Crippen molar-refractivity contribution in [2.45, 2.75) is 25.7 Å². The second kappa shape index (κ2) is 14.8. The molecule has 11 aromatic rings. The van der Waals surface area contributed by atoms with Gasteiger partial charge in [-0.25, -0.2) is 0 Å². The van der Waals surface area contributed by atoms with Crippen molar-refractivity contribution in [1.29, 1.82) is 10.5 Å². The van der Waals surface area contributed by atoms with Crippen LogP contribution in [0.4, 0.5) is 0 Å².